The highest BCUT2D eigenvalue weighted by Gasteiger charge is 2.40. The van der Waals surface area contributed by atoms with E-state index in [1.807, 2.05) is 36.0 Å². The summed E-state index contributed by atoms with van der Waals surface area (Å²) in [6.45, 7) is 0. The van der Waals surface area contributed by atoms with E-state index >= 15 is 0 Å². The Morgan fingerprint density at radius 2 is 2.00 bits per heavy atom. The van der Waals surface area contributed by atoms with Crippen LogP contribution in [0.2, 0.25) is 0 Å². The van der Waals surface area contributed by atoms with Crippen molar-refractivity contribution in [1.82, 2.24) is 9.78 Å². The quantitative estimate of drug-likeness (QED) is 0.933. The van der Waals surface area contributed by atoms with Gasteiger partial charge in [0.15, 0.2) is 0 Å². The Labute approximate surface area is 118 Å². The maximum atomic E-state index is 11.8. The van der Waals surface area contributed by atoms with Crippen molar-refractivity contribution in [2.24, 2.45) is 12.5 Å². The third-order valence-electron chi connectivity index (χ3n) is 4.60. The van der Waals surface area contributed by atoms with Crippen molar-refractivity contribution in [1.29, 1.82) is 0 Å². The fourth-order valence-corrected chi connectivity index (χ4v) is 3.43. The molecule has 0 spiro atoms. The number of aromatic nitrogens is 2. The van der Waals surface area contributed by atoms with E-state index in [0.717, 1.165) is 48.7 Å². The molecule has 0 saturated heterocycles. The molecule has 1 aliphatic carbocycles. The summed E-state index contributed by atoms with van der Waals surface area (Å²) in [4.78, 5) is 11.8. The molecule has 106 valence electrons. The van der Waals surface area contributed by atoms with Gasteiger partial charge in [0.1, 0.15) is 0 Å². The van der Waals surface area contributed by atoms with E-state index in [1.165, 1.54) is 0 Å². The first kappa shape index (κ1) is 13.2. The van der Waals surface area contributed by atoms with Crippen LogP contribution in [0.3, 0.4) is 0 Å². The van der Waals surface area contributed by atoms with Crippen LogP contribution < -0.4 is 0 Å². The Kier molecular flexibility index (Phi) is 3.24. The number of carboxylic acid groups (broad SMARTS) is 1. The lowest BCUT2D eigenvalue weighted by Gasteiger charge is -2.32. The van der Waals surface area contributed by atoms with E-state index in [0.29, 0.717) is 6.42 Å². The number of carbonyl (C=O) groups is 1. The van der Waals surface area contributed by atoms with Crippen molar-refractivity contribution in [2.45, 2.75) is 38.5 Å². The molecule has 20 heavy (non-hydrogen) atoms. The van der Waals surface area contributed by atoms with E-state index in [-0.39, 0.29) is 0 Å². The Hall–Kier alpha value is -1.84. The van der Waals surface area contributed by atoms with Gasteiger partial charge in [-0.25, -0.2) is 0 Å². The largest absolute Gasteiger partial charge is 0.481 e. The Bertz CT molecular complexity index is 639. The second-order valence-corrected chi connectivity index (χ2v) is 5.91. The van der Waals surface area contributed by atoms with E-state index in [9.17, 15) is 9.90 Å². The monoisotopic (exact) mass is 272 g/mol. The maximum Gasteiger partial charge on any atom is 0.310 e. The van der Waals surface area contributed by atoms with Gasteiger partial charge in [-0.3, -0.25) is 9.48 Å². The summed E-state index contributed by atoms with van der Waals surface area (Å²) < 4.78 is 1.85. The van der Waals surface area contributed by atoms with E-state index in [2.05, 4.69) is 5.10 Å². The molecule has 4 nitrogen and oxygen atoms in total. The molecule has 1 heterocycles. The fraction of sp³-hybridized carbons (Fsp3) is 0.500. The van der Waals surface area contributed by atoms with Gasteiger partial charge in [0.25, 0.3) is 0 Å². The molecule has 1 fully saturated rings. The average Bonchev–Trinajstić information content (AvgIpc) is 2.77. The van der Waals surface area contributed by atoms with Gasteiger partial charge in [-0.1, -0.05) is 37.5 Å². The van der Waals surface area contributed by atoms with Crippen LogP contribution in [-0.4, -0.2) is 20.9 Å². The first-order valence-electron chi connectivity index (χ1n) is 7.26. The lowest BCUT2D eigenvalue weighted by atomic mass is 9.71. The summed E-state index contributed by atoms with van der Waals surface area (Å²) in [5.74, 6) is -0.660. The van der Waals surface area contributed by atoms with E-state index in [1.54, 1.807) is 0 Å². The number of para-hydroxylation sites is 1. The molecular weight excluding hydrogens is 252 g/mol. The molecule has 1 aromatic heterocycles. The van der Waals surface area contributed by atoms with Gasteiger partial charge in [-0.05, 0) is 18.9 Å². The molecule has 1 N–H and O–H groups in total. The van der Waals surface area contributed by atoms with Crippen molar-refractivity contribution in [3.8, 4) is 0 Å². The summed E-state index contributed by atoms with van der Waals surface area (Å²) in [5.41, 5.74) is 1.38. The molecule has 1 aromatic carbocycles. The van der Waals surface area contributed by atoms with Gasteiger partial charge in [0.05, 0.1) is 16.6 Å². The molecule has 0 amide bonds. The summed E-state index contributed by atoms with van der Waals surface area (Å²) in [7, 11) is 1.92. The summed E-state index contributed by atoms with van der Waals surface area (Å²) in [5, 5.41) is 15.3. The molecule has 3 rings (SSSR count). The lowest BCUT2D eigenvalue weighted by molar-refractivity contribution is -0.151. The minimum Gasteiger partial charge on any atom is -0.481 e. The molecule has 1 aliphatic rings. The van der Waals surface area contributed by atoms with Crippen molar-refractivity contribution in [3.05, 3.63) is 30.0 Å². The van der Waals surface area contributed by atoms with Crippen LogP contribution >= 0.6 is 0 Å². The van der Waals surface area contributed by atoms with Crippen LogP contribution in [-0.2, 0) is 18.3 Å². The fourth-order valence-electron chi connectivity index (χ4n) is 3.43. The Balaban J connectivity index is 2.01. The van der Waals surface area contributed by atoms with Gasteiger partial charge >= 0.3 is 5.97 Å². The number of fused-ring (bicyclic) bond motifs is 1. The zero-order chi connectivity index (χ0) is 14.2. The van der Waals surface area contributed by atoms with Gasteiger partial charge in [-0.15, -0.1) is 0 Å². The highest BCUT2D eigenvalue weighted by molar-refractivity contribution is 5.83. The maximum absolute atomic E-state index is 11.8. The van der Waals surface area contributed by atoms with Gasteiger partial charge in [-0.2, -0.15) is 5.10 Å². The minimum absolute atomic E-state index is 0.545. The SMILES string of the molecule is Cn1nc(CC2(C(=O)O)CCCCC2)c2ccccc21. The third kappa shape index (κ3) is 2.09. The summed E-state index contributed by atoms with van der Waals surface area (Å²) in [6.07, 6.45) is 5.26. The zero-order valence-corrected chi connectivity index (χ0v) is 11.8. The molecule has 0 radical (unpaired) electrons. The summed E-state index contributed by atoms with van der Waals surface area (Å²) >= 11 is 0. The molecule has 1 saturated carbocycles. The summed E-state index contributed by atoms with van der Waals surface area (Å²) in [6, 6.07) is 8.04. The van der Waals surface area contributed by atoms with Crippen LogP contribution in [0.15, 0.2) is 24.3 Å². The third-order valence-corrected chi connectivity index (χ3v) is 4.60. The molecule has 4 heteroatoms. The van der Waals surface area contributed by atoms with Gasteiger partial charge in [0.2, 0.25) is 0 Å². The van der Waals surface area contributed by atoms with Gasteiger partial charge in [0, 0.05) is 18.9 Å². The normalized spacial score (nSPS) is 18.2. The predicted molar refractivity (Wildman–Crippen MR) is 77.6 cm³/mol. The van der Waals surface area contributed by atoms with Crippen molar-refractivity contribution < 1.29 is 9.90 Å². The standard InChI is InChI=1S/C16H20N2O2/c1-18-14-8-4-3-7-12(14)13(17-18)11-16(15(19)20)9-5-2-6-10-16/h3-4,7-8H,2,5-6,9-11H2,1H3,(H,19,20). The van der Waals surface area contributed by atoms with Crippen LogP contribution in [0.4, 0.5) is 0 Å². The lowest BCUT2D eigenvalue weighted by Crippen LogP contribution is -2.35. The second-order valence-electron chi connectivity index (χ2n) is 5.91. The van der Waals surface area contributed by atoms with Crippen molar-refractivity contribution in [3.63, 3.8) is 0 Å². The smallest absolute Gasteiger partial charge is 0.310 e. The number of nitrogens with zero attached hydrogens (tertiary/aromatic N) is 2. The van der Waals surface area contributed by atoms with Crippen LogP contribution in [0.25, 0.3) is 10.9 Å². The topological polar surface area (TPSA) is 55.1 Å². The van der Waals surface area contributed by atoms with Crippen molar-refractivity contribution >= 4 is 16.9 Å². The van der Waals surface area contributed by atoms with Gasteiger partial charge < -0.3 is 5.11 Å². The zero-order valence-electron chi connectivity index (χ0n) is 11.8. The number of benzene rings is 1. The number of aliphatic carboxylic acids is 1. The molecule has 0 atom stereocenters. The number of hydrogen-bond donors (Lipinski definition) is 1. The number of carboxylic acids is 1. The first-order valence-corrected chi connectivity index (χ1v) is 7.26. The van der Waals surface area contributed by atoms with E-state index < -0.39 is 11.4 Å². The molecule has 0 unspecified atom stereocenters. The van der Waals surface area contributed by atoms with Crippen molar-refractivity contribution in [2.75, 3.05) is 0 Å². The highest BCUT2D eigenvalue weighted by atomic mass is 16.4. The second kappa shape index (κ2) is 4.93. The average molecular weight is 272 g/mol. The number of aryl methyl sites for hydroxylation is 1. The first-order chi connectivity index (χ1) is 9.62. The van der Waals surface area contributed by atoms with Crippen LogP contribution in [0, 0.1) is 5.41 Å². The predicted octanol–water partition coefficient (Wildman–Crippen LogP) is 3.15. The number of hydrogen-bond acceptors (Lipinski definition) is 2. The minimum atomic E-state index is -0.660. The molecule has 0 aliphatic heterocycles. The molecule has 2 aromatic rings. The van der Waals surface area contributed by atoms with E-state index in [4.69, 9.17) is 0 Å². The highest BCUT2D eigenvalue weighted by Crippen LogP contribution is 2.40. The van der Waals surface area contributed by atoms with Crippen LogP contribution in [0.1, 0.15) is 37.8 Å². The number of rotatable bonds is 3. The Morgan fingerprint density at radius 1 is 1.30 bits per heavy atom. The molecular formula is C16H20N2O2. The van der Waals surface area contributed by atoms with Crippen LogP contribution in [0.5, 0.6) is 0 Å². The Morgan fingerprint density at radius 3 is 2.70 bits per heavy atom. The molecule has 0 bridgehead atoms.